The summed E-state index contributed by atoms with van der Waals surface area (Å²) in [6.45, 7) is 1.44. The van der Waals surface area contributed by atoms with Gasteiger partial charge in [0.15, 0.2) is 0 Å². The number of ether oxygens (including phenoxy) is 1. The summed E-state index contributed by atoms with van der Waals surface area (Å²) in [6, 6.07) is 6.09. The molecule has 3 atom stereocenters. The second-order valence-corrected chi connectivity index (χ2v) is 7.05. The molecule has 1 aliphatic carbocycles. The smallest absolute Gasteiger partial charge is 0.242 e. The van der Waals surface area contributed by atoms with E-state index in [2.05, 4.69) is 0 Å². The van der Waals surface area contributed by atoms with Gasteiger partial charge in [-0.25, -0.2) is 4.39 Å². The molecule has 0 radical (unpaired) electrons. The molecule has 1 saturated carbocycles. The van der Waals surface area contributed by atoms with Gasteiger partial charge in [-0.2, -0.15) is 0 Å². The summed E-state index contributed by atoms with van der Waals surface area (Å²) in [5, 5.41) is 9.88. The number of rotatable bonds is 4. The quantitative estimate of drug-likeness (QED) is 0.871. The number of hydrogen-bond acceptors (Lipinski definition) is 4. The molecule has 1 heterocycles. The molecule has 1 N–H and O–H groups in total. The van der Waals surface area contributed by atoms with Crippen molar-refractivity contribution >= 4 is 11.8 Å². The standard InChI is InChI=1S/C19H25FN2O4/c1-26-17-10-14(4-7-16(17)23)19(25)22-9-8-21(18(24)12-22)11-13-2-5-15(20)6-3-13/h2-3,5-6,14,16-17,23H,4,7-12H2,1H3/t14-,16+,17-/m1/s1. The molecule has 1 aromatic carbocycles. The molecule has 26 heavy (non-hydrogen) atoms. The molecule has 142 valence electrons. The van der Waals surface area contributed by atoms with E-state index in [4.69, 9.17) is 4.74 Å². The maximum atomic E-state index is 13.0. The zero-order chi connectivity index (χ0) is 18.7. The van der Waals surface area contributed by atoms with Crippen molar-refractivity contribution in [2.24, 2.45) is 5.92 Å². The van der Waals surface area contributed by atoms with E-state index in [1.54, 1.807) is 29.0 Å². The second-order valence-electron chi connectivity index (χ2n) is 7.05. The van der Waals surface area contributed by atoms with Crippen LogP contribution in [0.3, 0.4) is 0 Å². The third-order valence-electron chi connectivity index (χ3n) is 5.33. The summed E-state index contributed by atoms with van der Waals surface area (Å²) in [5.41, 5.74) is 0.865. The van der Waals surface area contributed by atoms with Gasteiger partial charge in [-0.3, -0.25) is 9.59 Å². The molecule has 2 aliphatic rings. The van der Waals surface area contributed by atoms with Crippen molar-refractivity contribution in [3.05, 3.63) is 35.6 Å². The van der Waals surface area contributed by atoms with Crippen LogP contribution in [0.15, 0.2) is 24.3 Å². The fourth-order valence-electron chi connectivity index (χ4n) is 3.72. The van der Waals surface area contributed by atoms with Gasteiger partial charge in [-0.15, -0.1) is 0 Å². The van der Waals surface area contributed by atoms with E-state index in [-0.39, 0.29) is 36.2 Å². The van der Waals surface area contributed by atoms with Crippen LogP contribution < -0.4 is 0 Å². The maximum absolute atomic E-state index is 13.0. The van der Waals surface area contributed by atoms with Gasteiger partial charge in [0.2, 0.25) is 11.8 Å². The molecule has 1 aliphatic heterocycles. The lowest BCUT2D eigenvalue weighted by molar-refractivity contribution is -0.151. The molecule has 2 fully saturated rings. The van der Waals surface area contributed by atoms with Crippen molar-refractivity contribution in [1.29, 1.82) is 0 Å². The lowest BCUT2D eigenvalue weighted by Crippen LogP contribution is -2.54. The minimum absolute atomic E-state index is 0.0336. The Hall–Kier alpha value is -1.99. The highest BCUT2D eigenvalue weighted by molar-refractivity contribution is 5.87. The van der Waals surface area contributed by atoms with E-state index in [0.717, 1.165) is 5.56 Å². The molecule has 2 amide bonds. The first-order valence-electron chi connectivity index (χ1n) is 8.99. The predicted octanol–water partition coefficient (Wildman–Crippen LogP) is 1.17. The van der Waals surface area contributed by atoms with Crippen molar-refractivity contribution in [3.8, 4) is 0 Å². The van der Waals surface area contributed by atoms with Gasteiger partial charge in [0.25, 0.3) is 0 Å². The molecule has 0 bridgehead atoms. The number of hydrogen-bond donors (Lipinski definition) is 1. The van der Waals surface area contributed by atoms with E-state index in [0.29, 0.717) is 38.9 Å². The summed E-state index contributed by atoms with van der Waals surface area (Å²) < 4.78 is 18.2. The molecule has 1 saturated heterocycles. The Morgan fingerprint density at radius 3 is 2.65 bits per heavy atom. The fraction of sp³-hybridized carbons (Fsp3) is 0.579. The SMILES string of the molecule is CO[C@@H]1C[C@H](C(=O)N2CCN(Cc3ccc(F)cc3)C(=O)C2)CC[C@@H]1O. The Morgan fingerprint density at radius 2 is 2.00 bits per heavy atom. The van der Waals surface area contributed by atoms with Gasteiger partial charge < -0.3 is 19.6 Å². The average molecular weight is 364 g/mol. The van der Waals surface area contributed by atoms with Crippen LogP contribution in [-0.2, 0) is 20.9 Å². The van der Waals surface area contributed by atoms with Crippen molar-refractivity contribution in [1.82, 2.24) is 9.80 Å². The van der Waals surface area contributed by atoms with Gasteiger partial charge in [0, 0.05) is 32.7 Å². The molecule has 1 aromatic rings. The van der Waals surface area contributed by atoms with Crippen LogP contribution in [0, 0.1) is 11.7 Å². The van der Waals surface area contributed by atoms with Crippen LogP contribution in [0.25, 0.3) is 0 Å². The summed E-state index contributed by atoms with van der Waals surface area (Å²) >= 11 is 0. The second kappa shape index (κ2) is 8.14. The lowest BCUT2D eigenvalue weighted by atomic mass is 9.84. The van der Waals surface area contributed by atoms with E-state index < -0.39 is 6.10 Å². The molecule has 0 aromatic heterocycles. The zero-order valence-electron chi connectivity index (χ0n) is 14.9. The normalized spacial score (nSPS) is 26.9. The van der Waals surface area contributed by atoms with Gasteiger partial charge >= 0.3 is 0 Å². The third kappa shape index (κ3) is 4.22. The van der Waals surface area contributed by atoms with Crippen LogP contribution in [0.1, 0.15) is 24.8 Å². The number of methoxy groups -OCH3 is 1. The summed E-state index contributed by atoms with van der Waals surface area (Å²) in [5.74, 6) is -0.649. The maximum Gasteiger partial charge on any atom is 0.242 e. The minimum atomic E-state index is -0.529. The summed E-state index contributed by atoms with van der Waals surface area (Å²) in [7, 11) is 1.54. The van der Waals surface area contributed by atoms with Gasteiger partial charge in [0.05, 0.1) is 18.8 Å². The molecule has 0 unspecified atom stereocenters. The lowest BCUT2D eigenvalue weighted by Gasteiger charge is -2.38. The monoisotopic (exact) mass is 364 g/mol. The van der Waals surface area contributed by atoms with Crippen molar-refractivity contribution in [2.45, 2.75) is 38.0 Å². The van der Waals surface area contributed by atoms with Crippen LogP contribution in [-0.4, -0.2) is 65.7 Å². The van der Waals surface area contributed by atoms with Crippen molar-refractivity contribution in [2.75, 3.05) is 26.7 Å². The van der Waals surface area contributed by atoms with E-state index in [9.17, 15) is 19.1 Å². The van der Waals surface area contributed by atoms with Crippen LogP contribution >= 0.6 is 0 Å². The van der Waals surface area contributed by atoms with Crippen LogP contribution in [0.4, 0.5) is 4.39 Å². The Balaban J connectivity index is 1.55. The molecule has 7 heteroatoms. The number of benzene rings is 1. The fourth-order valence-corrected chi connectivity index (χ4v) is 3.72. The summed E-state index contributed by atoms with van der Waals surface area (Å²) in [6.07, 6.45) is 0.781. The number of halogens is 1. The van der Waals surface area contributed by atoms with Crippen molar-refractivity contribution in [3.63, 3.8) is 0 Å². The molecule has 0 spiro atoms. The zero-order valence-corrected chi connectivity index (χ0v) is 14.9. The van der Waals surface area contributed by atoms with Gasteiger partial charge in [-0.1, -0.05) is 12.1 Å². The number of aliphatic hydroxyl groups is 1. The Labute approximate surface area is 152 Å². The Bertz CT molecular complexity index is 651. The number of carbonyl (C=O) groups excluding carboxylic acids is 2. The number of aliphatic hydroxyl groups excluding tert-OH is 1. The van der Waals surface area contributed by atoms with E-state index in [1.165, 1.54) is 12.1 Å². The van der Waals surface area contributed by atoms with Crippen LogP contribution in [0.2, 0.25) is 0 Å². The van der Waals surface area contributed by atoms with E-state index in [1.807, 2.05) is 0 Å². The van der Waals surface area contributed by atoms with Gasteiger partial charge in [0.1, 0.15) is 5.82 Å². The first-order valence-corrected chi connectivity index (χ1v) is 8.99. The largest absolute Gasteiger partial charge is 0.390 e. The predicted molar refractivity (Wildman–Crippen MR) is 92.5 cm³/mol. The number of piperazine rings is 1. The van der Waals surface area contributed by atoms with Gasteiger partial charge in [-0.05, 0) is 37.0 Å². The van der Waals surface area contributed by atoms with Crippen molar-refractivity contribution < 1.29 is 23.8 Å². The Morgan fingerprint density at radius 1 is 1.27 bits per heavy atom. The first-order chi connectivity index (χ1) is 12.5. The number of carbonyl (C=O) groups is 2. The topological polar surface area (TPSA) is 70.1 Å². The summed E-state index contributed by atoms with van der Waals surface area (Å²) in [4.78, 5) is 28.5. The highest BCUT2D eigenvalue weighted by Gasteiger charge is 2.37. The molecular weight excluding hydrogens is 339 g/mol. The van der Waals surface area contributed by atoms with E-state index >= 15 is 0 Å². The molecule has 6 nitrogen and oxygen atoms in total. The minimum Gasteiger partial charge on any atom is -0.390 e. The molecule has 3 rings (SSSR count). The Kier molecular flexibility index (Phi) is 5.88. The van der Waals surface area contributed by atoms with Crippen LogP contribution in [0.5, 0.6) is 0 Å². The average Bonchev–Trinajstić information content (AvgIpc) is 2.65. The molecular formula is C19H25FN2O4. The third-order valence-corrected chi connectivity index (χ3v) is 5.33. The highest BCUT2D eigenvalue weighted by atomic mass is 19.1. The highest BCUT2D eigenvalue weighted by Crippen LogP contribution is 2.28. The number of amides is 2. The first kappa shape index (κ1) is 18.8. The number of nitrogens with zero attached hydrogens (tertiary/aromatic N) is 2.